The van der Waals surface area contributed by atoms with Gasteiger partial charge in [-0.2, -0.15) is 0 Å². The molecule has 0 spiro atoms. The molecule has 1 aromatic heterocycles. The molecule has 2 rings (SSSR count). The van der Waals surface area contributed by atoms with Crippen LogP contribution in [-0.2, 0) is 4.79 Å². The number of halogens is 1. The number of anilines is 2. The second-order valence-electron chi connectivity index (χ2n) is 5.78. The number of methoxy groups -OCH3 is 1. The van der Waals surface area contributed by atoms with Crippen molar-refractivity contribution in [3.8, 4) is 11.5 Å². The van der Waals surface area contributed by atoms with Crippen LogP contribution in [0.4, 0.5) is 11.5 Å². The van der Waals surface area contributed by atoms with Crippen LogP contribution in [0, 0.1) is 0 Å². The highest BCUT2D eigenvalue weighted by molar-refractivity contribution is 6.32. The van der Waals surface area contributed by atoms with Crippen molar-refractivity contribution in [2.24, 2.45) is 5.73 Å². The third kappa shape index (κ3) is 5.26. The number of aromatic nitrogens is 1. The van der Waals surface area contributed by atoms with E-state index in [1.54, 1.807) is 12.3 Å². The Labute approximate surface area is 168 Å². The van der Waals surface area contributed by atoms with E-state index in [-0.39, 0.29) is 34.6 Å². The maximum absolute atomic E-state index is 12.6. The minimum absolute atomic E-state index is 0.126. The number of nitrogens with zero attached hydrogens (tertiary/aromatic N) is 2. The summed E-state index contributed by atoms with van der Waals surface area (Å²) in [7, 11) is 1.40. The van der Waals surface area contributed by atoms with Crippen LogP contribution in [0.25, 0.3) is 0 Å². The first-order valence-electron chi connectivity index (χ1n) is 8.70. The van der Waals surface area contributed by atoms with Crippen LogP contribution in [0.15, 0.2) is 30.5 Å². The molecule has 1 aromatic carbocycles. The lowest BCUT2D eigenvalue weighted by molar-refractivity contribution is -0.119. The molecule has 0 bridgehead atoms. The summed E-state index contributed by atoms with van der Waals surface area (Å²) in [6.07, 6.45) is 1.59. The van der Waals surface area contributed by atoms with Gasteiger partial charge in [-0.25, -0.2) is 4.98 Å². The molecule has 8 nitrogen and oxygen atoms in total. The summed E-state index contributed by atoms with van der Waals surface area (Å²) in [5.41, 5.74) is 5.88. The summed E-state index contributed by atoms with van der Waals surface area (Å²) in [6, 6.07) is 6.52. The van der Waals surface area contributed by atoms with Crippen LogP contribution < -0.4 is 25.4 Å². The molecule has 0 aliphatic rings. The molecule has 2 amide bonds. The maximum atomic E-state index is 12.6. The fourth-order valence-corrected chi connectivity index (χ4v) is 2.80. The normalized spacial score (nSPS) is 10.3. The standard InChI is InChI=1S/C19H23ClN4O4/c1-4-24(5-2)17-7-6-13(10-22-17)23-19(26)12-8-14(20)18(15(9-12)27-3)28-11-16(21)25/h6-10H,4-5,11H2,1-3H3,(H2,21,25)(H,23,26). The number of nitrogens with two attached hydrogens (primary N) is 1. The summed E-state index contributed by atoms with van der Waals surface area (Å²) >= 11 is 6.18. The van der Waals surface area contributed by atoms with E-state index in [4.69, 9.17) is 26.8 Å². The molecule has 0 atom stereocenters. The Morgan fingerprint density at radius 2 is 1.96 bits per heavy atom. The zero-order valence-electron chi connectivity index (χ0n) is 16.0. The van der Waals surface area contributed by atoms with Crippen LogP contribution in [0.3, 0.4) is 0 Å². The van der Waals surface area contributed by atoms with Gasteiger partial charge in [0, 0.05) is 18.7 Å². The summed E-state index contributed by atoms with van der Waals surface area (Å²) in [6.45, 7) is 5.44. The first kappa shape index (κ1) is 21.3. The Kier molecular flexibility index (Phi) is 7.45. The fraction of sp³-hybridized carbons (Fsp3) is 0.316. The summed E-state index contributed by atoms with van der Waals surface area (Å²) < 4.78 is 10.5. The van der Waals surface area contributed by atoms with E-state index in [0.29, 0.717) is 5.69 Å². The van der Waals surface area contributed by atoms with E-state index in [1.807, 2.05) is 6.07 Å². The SMILES string of the molecule is CCN(CC)c1ccc(NC(=O)c2cc(Cl)c(OCC(N)=O)c(OC)c2)cn1. The average Bonchev–Trinajstić information content (AvgIpc) is 2.68. The fourth-order valence-electron chi connectivity index (χ4n) is 2.53. The van der Waals surface area contributed by atoms with E-state index in [0.717, 1.165) is 18.9 Å². The predicted molar refractivity (Wildman–Crippen MR) is 108 cm³/mol. The van der Waals surface area contributed by atoms with Gasteiger partial charge in [-0.05, 0) is 38.1 Å². The number of carbonyl (C=O) groups excluding carboxylic acids is 2. The topological polar surface area (TPSA) is 107 Å². The molecule has 0 saturated carbocycles. The van der Waals surface area contributed by atoms with Crippen molar-refractivity contribution in [1.82, 2.24) is 4.98 Å². The highest BCUT2D eigenvalue weighted by Crippen LogP contribution is 2.36. The number of pyridine rings is 1. The van der Waals surface area contributed by atoms with Crippen molar-refractivity contribution in [3.63, 3.8) is 0 Å². The van der Waals surface area contributed by atoms with E-state index >= 15 is 0 Å². The second kappa shape index (κ2) is 9.80. The number of hydrogen-bond acceptors (Lipinski definition) is 6. The van der Waals surface area contributed by atoms with Gasteiger partial charge in [0.25, 0.3) is 11.8 Å². The lowest BCUT2D eigenvalue weighted by Gasteiger charge is -2.19. The van der Waals surface area contributed by atoms with Crippen molar-refractivity contribution < 1.29 is 19.1 Å². The van der Waals surface area contributed by atoms with Crippen LogP contribution in [0.2, 0.25) is 5.02 Å². The third-order valence-corrected chi connectivity index (χ3v) is 4.22. The molecular formula is C19H23ClN4O4. The molecule has 0 fully saturated rings. The highest BCUT2D eigenvalue weighted by Gasteiger charge is 2.17. The van der Waals surface area contributed by atoms with Gasteiger partial charge < -0.3 is 25.4 Å². The summed E-state index contributed by atoms with van der Waals surface area (Å²) in [5, 5.41) is 2.89. The monoisotopic (exact) mass is 406 g/mol. The number of rotatable bonds is 9. The van der Waals surface area contributed by atoms with Crippen LogP contribution in [-0.4, -0.2) is 43.6 Å². The van der Waals surface area contributed by atoms with Crippen LogP contribution in [0.1, 0.15) is 24.2 Å². The van der Waals surface area contributed by atoms with Crippen molar-refractivity contribution >= 4 is 34.9 Å². The number of benzene rings is 1. The van der Waals surface area contributed by atoms with Gasteiger partial charge in [-0.3, -0.25) is 9.59 Å². The van der Waals surface area contributed by atoms with Crippen LogP contribution >= 0.6 is 11.6 Å². The predicted octanol–water partition coefficient (Wildman–Crippen LogP) is 2.71. The summed E-state index contributed by atoms with van der Waals surface area (Å²) in [4.78, 5) is 29.9. The van der Waals surface area contributed by atoms with Gasteiger partial charge >= 0.3 is 0 Å². The zero-order valence-corrected chi connectivity index (χ0v) is 16.7. The Morgan fingerprint density at radius 1 is 1.25 bits per heavy atom. The van der Waals surface area contributed by atoms with Gasteiger partial charge in [0.15, 0.2) is 18.1 Å². The average molecular weight is 407 g/mol. The maximum Gasteiger partial charge on any atom is 0.255 e. The first-order valence-corrected chi connectivity index (χ1v) is 9.08. The molecule has 0 saturated heterocycles. The lowest BCUT2D eigenvalue weighted by Crippen LogP contribution is -2.23. The Hall–Kier alpha value is -3.00. The van der Waals surface area contributed by atoms with Crippen LogP contribution in [0.5, 0.6) is 11.5 Å². The third-order valence-electron chi connectivity index (χ3n) is 3.94. The molecule has 0 aliphatic carbocycles. The van der Waals surface area contributed by atoms with E-state index in [1.165, 1.54) is 19.2 Å². The van der Waals surface area contributed by atoms with Gasteiger partial charge in [-0.15, -0.1) is 0 Å². The smallest absolute Gasteiger partial charge is 0.255 e. The summed E-state index contributed by atoms with van der Waals surface area (Å²) in [5.74, 6) is 0.155. The van der Waals surface area contributed by atoms with Crippen molar-refractivity contribution in [3.05, 3.63) is 41.0 Å². The molecule has 1 heterocycles. The quantitative estimate of drug-likeness (QED) is 0.663. The number of carbonyl (C=O) groups is 2. The van der Waals surface area contributed by atoms with E-state index in [2.05, 4.69) is 29.0 Å². The molecule has 9 heteroatoms. The molecule has 2 aromatic rings. The minimum Gasteiger partial charge on any atom is -0.493 e. The molecule has 150 valence electrons. The molecule has 0 aliphatic heterocycles. The Balaban J connectivity index is 2.17. The molecular weight excluding hydrogens is 384 g/mol. The van der Waals surface area contributed by atoms with Gasteiger partial charge in [0.05, 0.1) is 24.0 Å². The second-order valence-corrected chi connectivity index (χ2v) is 6.18. The Bertz CT molecular complexity index is 839. The number of nitrogens with one attached hydrogen (secondary N) is 1. The van der Waals surface area contributed by atoms with Gasteiger partial charge in [0.1, 0.15) is 5.82 Å². The number of hydrogen-bond donors (Lipinski definition) is 2. The van der Waals surface area contributed by atoms with Gasteiger partial charge in [0.2, 0.25) is 0 Å². The zero-order chi connectivity index (χ0) is 20.7. The largest absolute Gasteiger partial charge is 0.493 e. The van der Waals surface area contributed by atoms with Crippen molar-refractivity contribution in [2.45, 2.75) is 13.8 Å². The van der Waals surface area contributed by atoms with E-state index in [9.17, 15) is 9.59 Å². The van der Waals surface area contributed by atoms with Crippen molar-refractivity contribution in [2.75, 3.05) is 37.0 Å². The highest BCUT2D eigenvalue weighted by atomic mass is 35.5. The Morgan fingerprint density at radius 3 is 2.50 bits per heavy atom. The van der Waals surface area contributed by atoms with Gasteiger partial charge in [-0.1, -0.05) is 11.6 Å². The minimum atomic E-state index is -0.652. The number of amides is 2. The molecule has 28 heavy (non-hydrogen) atoms. The molecule has 3 N–H and O–H groups in total. The van der Waals surface area contributed by atoms with E-state index < -0.39 is 5.91 Å². The molecule has 0 radical (unpaired) electrons. The number of ether oxygens (including phenoxy) is 2. The molecule has 0 unspecified atom stereocenters. The lowest BCUT2D eigenvalue weighted by atomic mass is 10.2. The van der Waals surface area contributed by atoms with Crippen molar-refractivity contribution in [1.29, 1.82) is 0 Å². The first-order chi connectivity index (χ1) is 13.4. The number of primary amides is 1.